The zero-order valence-electron chi connectivity index (χ0n) is 11.5. The minimum Gasteiger partial charge on any atom is -0.497 e. The summed E-state index contributed by atoms with van der Waals surface area (Å²) in [6.07, 6.45) is 0.424. The molecule has 0 heterocycles. The number of rotatable bonds is 6. The van der Waals surface area contributed by atoms with E-state index in [0.29, 0.717) is 30.0 Å². The Morgan fingerprint density at radius 3 is 2.76 bits per heavy atom. The number of nitro groups is 1. The third-order valence-electron chi connectivity index (χ3n) is 3.07. The highest BCUT2D eigenvalue weighted by Gasteiger charge is 2.12. The second-order valence-electron chi connectivity index (χ2n) is 4.41. The fraction of sp³-hybridized carbons (Fsp3) is 0.200. The minimum absolute atomic E-state index is 0.0745. The van der Waals surface area contributed by atoms with Crippen molar-refractivity contribution in [2.45, 2.75) is 6.42 Å². The predicted octanol–water partition coefficient (Wildman–Crippen LogP) is 3.40. The number of hydrogen-bond donors (Lipinski definition) is 1. The summed E-state index contributed by atoms with van der Waals surface area (Å²) < 4.78 is 18.6. The van der Waals surface area contributed by atoms with Gasteiger partial charge in [-0.05, 0) is 18.6 Å². The largest absolute Gasteiger partial charge is 0.497 e. The van der Waals surface area contributed by atoms with Crippen LogP contribution in [0.4, 0.5) is 15.8 Å². The van der Waals surface area contributed by atoms with Crippen molar-refractivity contribution in [3.63, 3.8) is 0 Å². The molecular formula is C15H15FN2O3. The predicted molar refractivity (Wildman–Crippen MR) is 78.2 cm³/mol. The molecule has 1 N–H and O–H groups in total. The summed E-state index contributed by atoms with van der Waals surface area (Å²) in [6, 6.07) is 10.9. The van der Waals surface area contributed by atoms with Crippen molar-refractivity contribution in [2.75, 3.05) is 19.0 Å². The molecular weight excluding hydrogens is 275 g/mol. The van der Waals surface area contributed by atoms with Crippen molar-refractivity contribution in [1.29, 1.82) is 0 Å². The molecule has 5 nitrogen and oxygen atoms in total. The summed E-state index contributed by atoms with van der Waals surface area (Å²) in [5, 5.41) is 13.8. The summed E-state index contributed by atoms with van der Waals surface area (Å²) >= 11 is 0. The van der Waals surface area contributed by atoms with Crippen LogP contribution in [0.1, 0.15) is 5.56 Å². The van der Waals surface area contributed by atoms with E-state index in [0.717, 1.165) is 0 Å². The summed E-state index contributed by atoms with van der Waals surface area (Å²) in [5.74, 6) is 0.156. The minimum atomic E-state index is -0.415. The quantitative estimate of drug-likeness (QED) is 0.654. The lowest BCUT2D eigenvalue weighted by atomic mass is 10.1. The van der Waals surface area contributed by atoms with Crippen LogP contribution in [0.2, 0.25) is 0 Å². The van der Waals surface area contributed by atoms with Crippen LogP contribution in [0.5, 0.6) is 5.75 Å². The first-order valence-corrected chi connectivity index (χ1v) is 6.41. The van der Waals surface area contributed by atoms with Crippen LogP contribution in [-0.2, 0) is 6.42 Å². The van der Waals surface area contributed by atoms with Crippen LogP contribution >= 0.6 is 0 Å². The molecule has 2 rings (SSSR count). The van der Waals surface area contributed by atoms with E-state index >= 15 is 0 Å². The van der Waals surface area contributed by atoms with Gasteiger partial charge in [-0.25, -0.2) is 4.39 Å². The topological polar surface area (TPSA) is 64.4 Å². The fourth-order valence-electron chi connectivity index (χ4n) is 2.00. The highest BCUT2D eigenvalue weighted by atomic mass is 19.1. The van der Waals surface area contributed by atoms with Crippen LogP contribution in [0.25, 0.3) is 0 Å². The van der Waals surface area contributed by atoms with Crippen molar-refractivity contribution in [3.05, 3.63) is 64.0 Å². The Hall–Kier alpha value is -2.63. The maximum absolute atomic E-state index is 13.6. The van der Waals surface area contributed by atoms with Gasteiger partial charge in [-0.2, -0.15) is 0 Å². The van der Waals surface area contributed by atoms with E-state index in [-0.39, 0.29) is 5.69 Å². The maximum Gasteiger partial charge on any atom is 0.272 e. The molecule has 0 aromatic heterocycles. The van der Waals surface area contributed by atoms with Gasteiger partial charge in [-0.1, -0.05) is 18.2 Å². The number of anilines is 1. The fourth-order valence-corrected chi connectivity index (χ4v) is 2.00. The number of ether oxygens (including phenoxy) is 1. The van der Waals surface area contributed by atoms with Gasteiger partial charge in [0.1, 0.15) is 11.6 Å². The summed E-state index contributed by atoms with van der Waals surface area (Å²) in [7, 11) is 1.50. The van der Waals surface area contributed by atoms with Gasteiger partial charge in [0.25, 0.3) is 5.69 Å². The van der Waals surface area contributed by atoms with Crippen molar-refractivity contribution in [1.82, 2.24) is 0 Å². The molecule has 0 aliphatic carbocycles. The zero-order chi connectivity index (χ0) is 15.2. The van der Waals surface area contributed by atoms with Gasteiger partial charge in [0, 0.05) is 24.2 Å². The Morgan fingerprint density at radius 1 is 1.29 bits per heavy atom. The van der Waals surface area contributed by atoms with Gasteiger partial charge in [-0.15, -0.1) is 0 Å². The first-order valence-electron chi connectivity index (χ1n) is 6.41. The van der Waals surface area contributed by atoms with E-state index in [1.165, 1.54) is 25.3 Å². The van der Waals surface area contributed by atoms with Gasteiger partial charge in [0.2, 0.25) is 0 Å². The summed E-state index contributed by atoms with van der Waals surface area (Å²) in [5.41, 5.74) is 0.997. The van der Waals surface area contributed by atoms with Gasteiger partial charge >= 0.3 is 0 Å². The smallest absolute Gasteiger partial charge is 0.272 e. The summed E-state index contributed by atoms with van der Waals surface area (Å²) in [6.45, 7) is 0.384. The third-order valence-corrected chi connectivity index (χ3v) is 3.07. The number of hydrogen-bond acceptors (Lipinski definition) is 4. The number of para-hydroxylation sites is 1. The molecule has 0 bridgehead atoms. The lowest BCUT2D eigenvalue weighted by molar-refractivity contribution is -0.385. The van der Waals surface area contributed by atoms with Crippen LogP contribution in [-0.4, -0.2) is 18.6 Å². The molecule has 21 heavy (non-hydrogen) atoms. The highest BCUT2D eigenvalue weighted by molar-refractivity contribution is 5.50. The molecule has 0 spiro atoms. The van der Waals surface area contributed by atoms with E-state index in [9.17, 15) is 14.5 Å². The second kappa shape index (κ2) is 6.69. The molecule has 0 amide bonds. The van der Waals surface area contributed by atoms with E-state index in [2.05, 4.69) is 5.32 Å². The molecule has 0 fully saturated rings. The Labute approximate surface area is 121 Å². The number of nitro benzene ring substituents is 1. The third kappa shape index (κ3) is 3.68. The second-order valence-corrected chi connectivity index (χ2v) is 4.41. The van der Waals surface area contributed by atoms with Crippen molar-refractivity contribution >= 4 is 11.4 Å². The SMILES string of the molecule is COc1ccc(F)c(NCCc2ccccc2[N+](=O)[O-])c1. The van der Waals surface area contributed by atoms with Crippen LogP contribution < -0.4 is 10.1 Å². The molecule has 0 atom stereocenters. The first kappa shape index (κ1) is 14.8. The van der Waals surface area contributed by atoms with Crippen LogP contribution in [0.15, 0.2) is 42.5 Å². The molecule has 0 aliphatic rings. The molecule has 110 valence electrons. The Kier molecular flexibility index (Phi) is 4.71. The average molecular weight is 290 g/mol. The van der Waals surface area contributed by atoms with E-state index in [1.54, 1.807) is 24.3 Å². The highest BCUT2D eigenvalue weighted by Crippen LogP contribution is 2.22. The number of nitrogens with one attached hydrogen (secondary N) is 1. The monoisotopic (exact) mass is 290 g/mol. The Bertz CT molecular complexity index is 647. The molecule has 6 heteroatoms. The molecule has 0 saturated heterocycles. The molecule has 0 radical (unpaired) electrons. The van der Waals surface area contributed by atoms with E-state index in [1.807, 2.05) is 0 Å². The number of benzene rings is 2. The number of methoxy groups -OCH3 is 1. The first-order chi connectivity index (χ1) is 10.1. The normalized spacial score (nSPS) is 10.2. The molecule has 0 unspecified atom stereocenters. The molecule has 0 aliphatic heterocycles. The maximum atomic E-state index is 13.6. The van der Waals surface area contributed by atoms with Gasteiger partial charge in [-0.3, -0.25) is 10.1 Å². The van der Waals surface area contributed by atoms with Gasteiger partial charge < -0.3 is 10.1 Å². The van der Waals surface area contributed by atoms with E-state index in [4.69, 9.17) is 4.74 Å². The van der Waals surface area contributed by atoms with Crippen molar-refractivity contribution in [2.24, 2.45) is 0 Å². The number of halogens is 1. The summed E-state index contributed by atoms with van der Waals surface area (Å²) in [4.78, 5) is 10.5. The van der Waals surface area contributed by atoms with Gasteiger partial charge in [0.15, 0.2) is 0 Å². The van der Waals surface area contributed by atoms with Gasteiger partial charge in [0.05, 0.1) is 17.7 Å². The lowest BCUT2D eigenvalue weighted by Crippen LogP contribution is -2.08. The molecule has 0 saturated carbocycles. The van der Waals surface area contributed by atoms with Crippen LogP contribution in [0, 0.1) is 15.9 Å². The van der Waals surface area contributed by atoms with E-state index < -0.39 is 10.7 Å². The number of nitrogens with zero attached hydrogens (tertiary/aromatic N) is 1. The average Bonchev–Trinajstić information content (AvgIpc) is 2.49. The molecule has 2 aromatic carbocycles. The zero-order valence-corrected chi connectivity index (χ0v) is 11.5. The Morgan fingerprint density at radius 2 is 2.05 bits per heavy atom. The Balaban J connectivity index is 2.03. The molecule has 2 aromatic rings. The standard InChI is InChI=1S/C15H15FN2O3/c1-21-12-6-7-13(16)14(10-12)17-9-8-11-4-2-3-5-15(11)18(19)20/h2-7,10,17H,8-9H2,1H3. The lowest BCUT2D eigenvalue weighted by Gasteiger charge is -2.09. The van der Waals surface area contributed by atoms with Crippen molar-refractivity contribution < 1.29 is 14.1 Å². The van der Waals surface area contributed by atoms with Crippen LogP contribution in [0.3, 0.4) is 0 Å². The van der Waals surface area contributed by atoms with Crippen molar-refractivity contribution in [3.8, 4) is 5.75 Å².